The van der Waals surface area contributed by atoms with Crippen LogP contribution in [-0.2, 0) is 20.7 Å². The Kier molecular flexibility index (Phi) is 5.60. The first kappa shape index (κ1) is 17.4. The molecule has 0 bridgehead atoms. The molecule has 0 aromatic heterocycles. The summed E-state index contributed by atoms with van der Waals surface area (Å²) in [6, 6.07) is 15.0. The third kappa shape index (κ3) is 4.33. The fourth-order valence-corrected chi connectivity index (χ4v) is 3.59. The van der Waals surface area contributed by atoms with Gasteiger partial charge in [-0.25, -0.2) is 0 Å². The van der Waals surface area contributed by atoms with Gasteiger partial charge in [0.05, 0.1) is 19.2 Å². The monoisotopic (exact) mass is 357 g/mol. The Morgan fingerprint density at radius 1 is 1.12 bits per heavy atom. The van der Waals surface area contributed by atoms with Crippen LogP contribution in [0.3, 0.4) is 0 Å². The molecule has 1 aliphatic heterocycles. The number of rotatable bonds is 5. The summed E-state index contributed by atoms with van der Waals surface area (Å²) in [5.41, 5.74) is 1.79. The number of methoxy groups -OCH3 is 1. The van der Waals surface area contributed by atoms with Crippen molar-refractivity contribution >= 4 is 29.3 Å². The van der Waals surface area contributed by atoms with Gasteiger partial charge >= 0.3 is 5.97 Å². The minimum atomic E-state index is -0.287. The minimum Gasteiger partial charge on any atom is -0.484 e. The highest BCUT2D eigenvalue weighted by atomic mass is 32.2. The number of ether oxygens (including phenoxy) is 2. The lowest BCUT2D eigenvalue weighted by molar-refractivity contribution is -0.139. The Balaban J connectivity index is 1.59. The zero-order valence-electron chi connectivity index (χ0n) is 13.9. The molecule has 6 heteroatoms. The zero-order valence-corrected chi connectivity index (χ0v) is 14.8. The molecule has 0 aliphatic carbocycles. The average molecular weight is 357 g/mol. The van der Waals surface area contributed by atoms with Gasteiger partial charge in [0.1, 0.15) is 5.75 Å². The second-order valence-electron chi connectivity index (χ2n) is 5.55. The number of anilines is 1. The van der Waals surface area contributed by atoms with Gasteiger partial charge in [-0.2, -0.15) is 0 Å². The van der Waals surface area contributed by atoms with Crippen LogP contribution in [0.5, 0.6) is 5.75 Å². The highest BCUT2D eigenvalue weighted by Crippen LogP contribution is 2.34. The highest BCUT2D eigenvalue weighted by molar-refractivity contribution is 7.99. The van der Waals surface area contributed by atoms with Crippen molar-refractivity contribution in [3.8, 4) is 5.75 Å². The van der Waals surface area contributed by atoms with Crippen molar-refractivity contribution in [2.75, 3.05) is 30.9 Å². The number of amides is 1. The van der Waals surface area contributed by atoms with Crippen LogP contribution < -0.4 is 9.64 Å². The molecule has 0 spiro atoms. The lowest BCUT2D eigenvalue weighted by Crippen LogP contribution is -2.38. The summed E-state index contributed by atoms with van der Waals surface area (Å²) in [5.74, 6) is 1.13. The predicted molar refractivity (Wildman–Crippen MR) is 97.2 cm³/mol. The molecule has 1 aliphatic rings. The summed E-state index contributed by atoms with van der Waals surface area (Å²) in [6.07, 6.45) is 0.220. The zero-order chi connectivity index (χ0) is 17.6. The van der Waals surface area contributed by atoms with E-state index in [1.54, 1.807) is 40.9 Å². The Morgan fingerprint density at radius 2 is 1.88 bits per heavy atom. The number of carbonyl (C=O) groups is 2. The van der Waals surface area contributed by atoms with Gasteiger partial charge in [-0.3, -0.25) is 9.59 Å². The number of hydrogen-bond donors (Lipinski definition) is 0. The van der Waals surface area contributed by atoms with E-state index in [0.717, 1.165) is 21.9 Å². The summed E-state index contributed by atoms with van der Waals surface area (Å²) < 4.78 is 10.2. The van der Waals surface area contributed by atoms with Crippen LogP contribution >= 0.6 is 11.8 Å². The van der Waals surface area contributed by atoms with Crippen LogP contribution in [0.1, 0.15) is 5.56 Å². The summed E-state index contributed by atoms with van der Waals surface area (Å²) in [4.78, 5) is 26.7. The number of nitrogens with zero attached hydrogens (tertiary/aromatic N) is 1. The maximum Gasteiger partial charge on any atom is 0.309 e. The molecule has 5 nitrogen and oxygen atoms in total. The predicted octanol–water partition coefficient (Wildman–Crippen LogP) is 2.92. The molecule has 130 valence electrons. The van der Waals surface area contributed by atoms with Gasteiger partial charge in [0.2, 0.25) is 0 Å². The Bertz CT molecular complexity index is 760. The molecule has 2 aromatic carbocycles. The van der Waals surface area contributed by atoms with Gasteiger partial charge in [0.15, 0.2) is 6.61 Å². The van der Waals surface area contributed by atoms with Gasteiger partial charge < -0.3 is 14.4 Å². The van der Waals surface area contributed by atoms with Crippen molar-refractivity contribution in [3.63, 3.8) is 0 Å². The normalized spacial score (nSPS) is 13.1. The van der Waals surface area contributed by atoms with E-state index in [1.165, 1.54) is 7.11 Å². The smallest absolute Gasteiger partial charge is 0.309 e. The third-order valence-corrected chi connectivity index (χ3v) is 4.93. The van der Waals surface area contributed by atoms with Crippen LogP contribution in [0, 0.1) is 0 Å². The molecular weight excluding hydrogens is 338 g/mol. The van der Waals surface area contributed by atoms with Crippen molar-refractivity contribution in [2.24, 2.45) is 0 Å². The van der Waals surface area contributed by atoms with Crippen molar-refractivity contribution in [2.45, 2.75) is 11.3 Å². The summed E-state index contributed by atoms with van der Waals surface area (Å²) in [5, 5.41) is 0. The maximum atomic E-state index is 12.5. The van der Waals surface area contributed by atoms with Gasteiger partial charge in [0.25, 0.3) is 5.91 Å². The molecule has 0 fully saturated rings. The van der Waals surface area contributed by atoms with Crippen LogP contribution in [0.2, 0.25) is 0 Å². The number of fused-ring (bicyclic) bond motifs is 1. The van der Waals surface area contributed by atoms with Crippen LogP contribution in [0.25, 0.3) is 0 Å². The van der Waals surface area contributed by atoms with E-state index in [9.17, 15) is 9.59 Å². The molecule has 2 aromatic rings. The summed E-state index contributed by atoms with van der Waals surface area (Å²) in [6.45, 7) is 0.664. The fraction of sp³-hybridized carbons (Fsp3) is 0.263. The van der Waals surface area contributed by atoms with Crippen LogP contribution in [0.4, 0.5) is 5.69 Å². The van der Waals surface area contributed by atoms with Crippen molar-refractivity contribution in [1.29, 1.82) is 0 Å². The number of esters is 1. The van der Waals surface area contributed by atoms with E-state index in [1.807, 2.05) is 24.3 Å². The lowest BCUT2D eigenvalue weighted by Gasteiger charge is -2.28. The Labute approximate surface area is 150 Å². The molecule has 0 unspecified atom stereocenters. The van der Waals surface area contributed by atoms with E-state index >= 15 is 0 Å². The first-order chi connectivity index (χ1) is 12.2. The molecule has 1 amide bonds. The van der Waals surface area contributed by atoms with E-state index in [0.29, 0.717) is 12.3 Å². The second-order valence-corrected chi connectivity index (χ2v) is 6.68. The molecule has 0 saturated carbocycles. The van der Waals surface area contributed by atoms with Gasteiger partial charge in [0, 0.05) is 17.2 Å². The average Bonchev–Trinajstić information content (AvgIpc) is 2.66. The fourth-order valence-electron chi connectivity index (χ4n) is 2.59. The maximum absolute atomic E-state index is 12.5. The second kappa shape index (κ2) is 8.07. The molecule has 0 saturated heterocycles. The Morgan fingerprint density at radius 3 is 2.64 bits per heavy atom. The van der Waals surface area contributed by atoms with E-state index in [-0.39, 0.29) is 24.9 Å². The number of para-hydroxylation sites is 1. The van der Waals surface area contributed by atoms with Crippen molar-refractivity contribution in [3.05, 3.63) is 54.1 Å². The minimum absolute atomic E-state index is 0.0185. The third-order valence-electron chi connectivity index (χ3n) is 3.89. The van der Waals surface area contributed by atoms with Crippen molar-refractivity contribution in [1.82, 2.24) is 0 Å². The highest BCUT2D eigenvalue weighted by Gasteiger charge is 2.22. The molecule has 0 radical (unpaired) electrons. The molecule has 0 N–H and O–H groups in total. The van der Waals surface area contributed by atoms with Crippen LogP contribution in [-0.4, -0.2) is 37.9 Å². The quantitative estimate of drug-likeness (QED) is 0.770. The van der Waals surface area contributed by atoms with Gasteiger partial charge in [-0.1, -0.05) is 24.3 Å². The van der Waals surface area contributed by atoms with Gasteiger partial charge in [-0.05, 0) is 29.8 Å². The first-order valence-corrected chi connectivity index (χ1v) is 8.96. The lowest BCUT2D eigenvalue weighted by atomic mass is 10.1. The number of hydrogen-bond acceptors (Lipinski definition) is 5. The number of thioether (sulfide) groups is 1. The molecule has 3 rings (SSSR count). The largest absolute Gasteiger partial charge is 0.484 e. The standard InChI is InChI=1S/C19H19NO4S/c1-23-19(22)12-14-6-8-15(9-7-14)24-13-18(21)20-10-11-25-17-5-3-2-4-16(17)20/h2-9H,10-13H2,1H3. The molecule has 0 atom stereocenters. The van der Waals surface area contributed by atoms with Crippen molar-refractivity contribution < 1.29 is 19.1 Å². The SMILES string of the molecule is COC(=O)Cc1ccc(OCC(=O)N2CCSc3ccccc32)cc1. The van der Waals surface area contributed by atoms with Crippen LogP contribution in [0.15, 0.2) is 53.4 Å². The molecule has 1 heterocycles. The molecular formula is C19H19NO4S. The Hall–Kier alpha value is -2.47. The van der Waals surface area contributed by atoms with E-state index < -0.39 is 0 Å². The summed E-state index contributed by atoms with van der Waals surface area (Å²) in [7, 11) is 1.36. The van der Waals surface area contributed by atoms with E-state index in [2.05, 4.69) is 4.74 Å². The number of benzene rings is 2. The number of carbonyl (C=O) groups excluding carboxylic acids is 2. The topological polar surface area (TPSA) is 55.8 Å². The van der Waals surface area contributed by atoms with Gasteiger partial charge in [-0.15, -0.1) is 11.8 Å². The first-order valence-electron chi connectivity index (χ1n) is 7.98. The van der Waals surface area contributed by atoms with E-state index in [4.69, 9.17) is 4.74 Å². The summed E-state index contributed by atoms with van der Waals surface area (Å²) >= 11 is 1.76. The molecule has 25 heavy (non-hydrogen) atoms.